The van der Waals surface area contributed by atoms with Crippen molar-refractivity contribution in [2.75, 3.05) is 0 Å². The van der Waals surface area contributed by atoms with Crippen molar-refractivity contribution >= 4 is 8.32 Å². The van der Waals surface area contributed by atoms with Crippen molar-refractivity contribution in [2.24, 2.45) is 0 Å². The molecule has 0 bridgehead atoms. The van der Waals surface area contributed by atoms with E-state index in [1.54, 1.807) is 0 Å². The monoisotopic (exact) mass is 442 g/mol. The molecule has 0 amide bonds. The molecule has 0 spiro atoms. The Morgan fingerprint density at radius 1 is 0.867 bits per heavy atom. The number of unbranched alkanes of at least 4 members (excludes halogenated alkanes) is 7. The van der Waals surface area contributed by atoms with Crippen molar-refractivity contribution in [3.05, 3.63) is 0 Å². The minimum atomic E-state index is -1.84. The van der Waals surface area contributed by atoms with Crippen molar-refractivity contribution in [1.29, 1.82) is 0 Å². The van der Waals surface area contributed by atoms with Crippen molar-refractivity contribution in [2.45, 2.75) is 160 Å². The summed E-state index contributed by atoms with van der Waals surface area (Å²) in [6.45, 7) is 13.9. The van der Waals surface area contributed by atoms with Crippen LogP contribution < -0.4 is 0 Å². The molecule has 0 aliphatic carbocycles. The summed E-state index contributed by atoms with van der Waals surface area (Å²) in [5.74, 6) is 0. The molecule has 2 heterocycles. The van der Waals surface area contributed by atoms with Gasteiger partial charge in [-0.2, -0.15) is 0 Å². The molecule has 1 N–H and O–H groups in total. The van der Waals surface area contributed by atoms with Gasteiger partial charge < -0.3 is 19.0 Å². The molecule has 1 unspecified atom stereocenters. The Morgan fingerprint density at radius 2 is 1.43 bits per heavy atom. The molecule has 178 valence electrons. The SMILES string of the molecule is CCCCCCCCCC[C@H](O[Si](C)(C)C(C)(C)C)[C@@H]1CC[C@@H]([C@H]2CCC(O)O2)O1. The summed E-state index contributed by atoms with van der Waals surface area (Å²) in [6, 6.07) is 0. The van der Waals surface area contributed by atoms with E-state index in [0.717, 1.165) is 32.1 Å². The second-order valence-corrected chi connectivity index (χ2v) is 15.9. The van der Waals surface area contributed by atoms with Gasteiger partial charge in [-0.05, 0) is 43.8 Å². The first-order chi connectivity index (χ1) is 14.1. The van der Waals surface area contributed by atoms with E-state index in [1.807, 2.05) is 0 Å². The van der Waals surface area contributed by atoms with Crippen LogP contribution in [0, 0.1) is 0 Å². The van der Waals surface area contributed by atoms with Gasteiger partial charge in [-0.15, -0.1) is 0 Å². The molecule has 2 aliphatic rings. The molecule has 0 radical (unpaired) electrons. The lowest BCUT2D eigenvalue weighted by molar-refractivity contribution is -0.138. The highest BCUT2D eigenvalue weighted by molar-refractivity contribution is 6.74. The molecule has 5 atom stereocenters. The van der Waals surface area contributed by atoms with E-state index < -0.39 is 14.6 Å². The molecule has 2 aliphatic heterocycles. The molecule has 2 rings (SSSR count). The number of hydrogen-bond acceptors (Lipinski definition) is 4. The standard InChI is InChI=1S/C25H50O4Si/c1-7-8-9-10-11-12-13-14-15-23(29-30(5,6)25(2,3)4)22-17-16-20(27-22)21-18-19-24(26)28-21/h20-24,26H,7-19H2,1-6H3/t20-,21+,22-,23-,24?/m0/s1. The van der Waals surface area contributed by atoms with Crippen LogP contribution in [0.4, 0.5) is 0 Å². The molecular weight excluding hydrogens is 392 g/mol. The van der Waals surface area contributed by atoms with E-state index in [1.165, 1.54) is 51.4 Å². The van der Waals surface area contributed by atoms with Crippen molar-refractivity contribution < 1.29 is 19.0 Å². The lowest BCUT2D eigenvalue weighted by Crippen LogP contribution is -2.47. The average molecular weight is 443 g/mol. The zero-order valence-electron chi connectivity index (χ0n) is 20.8. The Morgan fingerprint density at radius 3 is 2.00 bits per heavy atom. The summed E-state index contributed by atoms with van der Waals surface area (Å²) in [5, 5.41) is 9.92. The highest BCUT2D eigenvalue weighted by Crippen LogP contribution is 2.40. The summed E-state index contributed by atoms with van der Waals surface area (Å²) < 4.78 is 19.1. The second kappa shape index (κ2) is 12.3. The third-order valence-corrected chi connectivity index (χ3v) is 12.0. The molecule has 30 heavy (non-hydrogen) atoms. The highest BCUT2D eigenvalue weighted by atomic mass is 28.4. The van der Waals surface area contributed by atoms with Crippen molar-refractivity contribution in [1.82, 2.24) is 0 Å². The highest BCUT2D eigenvalue weighted by Gasteiger charge is 2.44. The lowest BCUT2D eigenvalue weighted by atomic mass is 10.0. The van der Waals surface area contributed by atoms with Crippen molar-refractivity contribution in [3.8, 4) is 0 Å². The van der Waals surface area contributed by atoms with E-state index in [-0.39, 0.29) is 29.5 Å². The van der Waals surface area contributed by atoms with Gasteiger partial charge in [-0.3, -0.25) is 0 Å². The molecule has 2 saturated heterocycles. The molecule has 2 fully saturated rings. The first-order valence-electron chi connectivity index (χ1n) is 12.8. The molecule has 0 saturated carbocycles. The van der Waals surface area contributed by atoms with Crippen LogP contribution in [0.25, 0.3) is 0 Å². The van der Waals surface area contributed by atoms with Crippen LogP contribution in [0.3, 0.4) is 0 Å². The summed E-state index contributed by atoms with van der Waals surface area (Å²) in [5.41, 5.74) is 0. The minimum absolute atomic E-state index is 0.0571. The van der Waals surface area contributed by atoms with Gasteiger partial charge in [0.05, 0.1) is 24.4 Å². The minimum Gasteiger partial charge on any atom is -0.411 e. The van der Waals surface area contributed by atoms with Crippen LogP contribution in [-0.2, 0) is 13.9 Å². The van der Waals surface area contributed by atoms with Gasteiger partial charge in [-0.1, -0.05) is 79.1 Å². The topological polar surface area (TPSA) is 47.9 Å². The molecule has 4 nitrogen and oxygen atoms in total. The van der Waals surface area contributed by atoms with E-state index in [4.69, 9.17) is 13.9 Å². The quantitative estimate of drug-likeness (QED) is 0.247. The Kier molecular flexibility index (Phi) is 10.8. The number of hydrogen-bond donors (Lipinski definition) is 1. The Hall–Kier alpha value is 0.0569. The molecule has 0 aromatic heterocycles. The fraction of sp³-hybridized carbons (Fsp3) is 1.00. The smallest absolute Gasteiger partial charge is 0.192 e. The number of ether oxygens (including phenoxy) is 2. The Bertz CT molecular complexity index is 476. The van der Waals surface area contributed by atoms with Gasteiger partial charge in [-0.25, -0.2) is 0 Å². The maximum Gasteiger partial charge on any atom is 0.192 e. The van der Waals surface area contributed by atoms with Gasteiger partial charge >= 0.3 is 0 Å². The van der Waals surface area contributed by atoms with Gasteiger partial charge in [0, 0.05) is 6.42 Å². The summed E-state index contributed by atoms with van der Waals surface area (Å²) in [4.78, 5) is 0. The van der Waals surface area contributed by atoms with E-state index >= 15 is 0 Å². The molecule has 0 aromatic carbocycles. The molecule has 0 aromatic rings. The maximum atomic E-state index is 9.72. The van der Waals surface area contributed by atoms with Gasteiger partial charge in [0.2, 0.25) is 0 Å². The fourth-order valence-corrected chi connectivity index (χ4v) is 5.89. The fourth-order valence-electron chi connectivity index (χ4n) is 4.51. The lowest BCUT2D eigenvalue weighted by Gasteiger charge is -2.41. The summed E-state index contributed by atoms with van der Waals surface area (Å²) in [7, 11) is -1.84. The summed E-state index contributed by atoms with van der Waals surface area (Å²) >= 11 is 0. The van der Waals surface area contributed by atoms with Crippen LogP contribution in [0.2, 0.25) is 18.1 Å². The van der Waals surface area contributed by atoms with Gasteiger partial charge in [0.1, 0.15) is 0 Å². The first kappa shape index (κ1) is 26.3. The summed E-state index contributed by atoms with van der Waals surface area (Å²) in [6.07, 6.45) is 15.5. The number of aliphatic hydroxyl groups is 1. The zero-order valence-corrected chi connectivity index (χ0v) is 21.8. The van der Waals surface area contributed by atoms with E-state index in [2.05, 4.69) is 40.8 Å². The zero-order chi connectivity index (χ0) is 22.2. The number of aliphatic hydroxyl groups excluding tert-OH is 1. The third-order valence-electron chi connectivity index (χ3n) is 7.54. The van der Waals surface area contributed by atoms with Crippen molar-refractivity contribution in [3.63, 3.8) is 0 Å². The van der Waals surface area contributed by atoms with Crippen LogP contribution in [0.15, 0.2) is 0 Å². The first-order valence-corrected chi connectivity index (χ1v) is 15.7. The third kappa shape index (κ3) is 8.20. The number of rotatable bonds is 13. The maximum absolute atomic E-state index is 9.72. The average Bonchev–Trinajstić information content (AvgIpc) is 3.31. The van der Waals surface area contributed by atoms with Gasteiger partial charge in [0.15, 0.2) is 14.6 Å². The van der Waals surface area contributed by atoms with E-state index in [0.29, 0.717) is 0 Å². The van der Waals surface area contributed by atoms with E-state index in [9.17, 15) is 5.11 Å². The largest absolute Gasteiger partial charge is 0.411 e. The van der Waals surface area contributed by atoms with Gasteiger partial charge in [0.25, 0.3) is 0 Å². The van der Waals surface area contributed by atoms with Crippen LogP contribution in [0.1, 0.15) is 111 Å². The normalized spacial score (nSPS) is 28.9. The predicted molar refractivity (Wildman–Crippen MR) is 127 cm³/mol. The Labute approximate surface area is 187 Å². The van der Waals surface area contributed by atoms with Crippen LogP contribution in [-0.4, -0.2) is 44.1 Å². The molecule has 5 heteroatoms. The predicted octanol–water partition coefficient (Wildman–Crippen LogP) is 6.95. The Balaban J connectivity index is 1.85. The van der Waals surface area contributed by atoms with Crippen LogP contribution >= 0.6 is 0 Å². The van der Waals surface area contributed by atoms with Crippen LogP contribution in [0.5, 0.6) is 0 Å². The molecular formula is C25H50O4Si. The second-order valence-electron chi connectivity index (χ2n) is 11.2.